The molecule has 0 radical (unpaired) electrons. The molecule has 0 fully saturated rings. The summed E-state index contributed by atoms with van der Waals surface area (Å²) in [6.07, 6.45) is 0.951. The van der Waals surface area contributed by atoms with Crippen LogP contribution >= 0.6 is 11.3 Å². The van der Waals surface area contributed by atoms with Gasteiger partial charge in [0.05, 0.1) is 11.0 Å². The SMILES string of the molecule is Cc1ccc(S(=O)(=O)N2CC(c3ccsc3)=CC(O)C2)cc1. The summed E-state index contributed by atoms with van der Waals surface area (Å²) in [4.78, 5) is 0.261. The molecule has 2 heterocycles. The Hall–Kier alpha value is -1.47. The average molecular weight is 335 g/mol. The van der Waals surface area contributed by atoms with E-state index in [1.54, 1.807) is 41.7 Å². The quantitative estimate of drug-likeness (QED) is 0.938. The van der Waals surface area contributed by atoms with Gasteiger partial charge >= 0.3 is 0 Å². The van der Waals surface area contributed by atoms with Gasteiger partial charge < -0.3 is 5.11 Å². The second kappa shape index (κ2) is 5.96. The Bertz CT molecular complexity index is 777. The third kappa shape index (κ3) is 3.01. The van der Waals surface area contributed by atoms with Gasteiger partial charge in [-0.25, -0.2) is 8.42 Å². The first-order valence-electron chi connectivity index (χ1n) is 6.95. The molecule has 3 rings (SSSR count). The number of thiophene rings is 1. The van der Waals surface area contributed by atoms with E-state index >= 15 is 0 Å². The van der Waals surface area contributed by atoms with Crippen LogP contribution in [0, 0.1) is 6.92 Å². The minimum atomic E-state index is -3.60. The Morgan fingerprint density at radius 2 is 1.95 bits per heavy atom. The highest BCUT2D eigenvalue weighted by molar-refractivity contribution is 7.89. The van der Waals surface area contributed by atoms with E-state index in [0.717, 1.165) is 16.7 Å². The van der Waals surface area contributed by atoms with Crippen LogP contribution in [0.25, 0.3) is 5.57 Å². The summed E-state index contributed by atoms with van der Waals surface area (Å²) < 4.78 is 26.8. The summed E-state index contributed by atoms with van der Waals surface area (Å²) in [7, 11) is -3.60. The number of nitrogens with zero attached hydrogens (tertiary/aromatic N) is 1. The number of benzene rings is 1. The van der Waals surface area contributed by atoms with Crippen molar-refractivity contribution in [2.24, 2.45) is 0 Å². The van der Waals surface area contributed by atoms with Crippen molar-refractivity contribution in [2.45, 2.75) is 17.9 Å². The van der Waals surface area contributed by atoms with Crippen molar-refractivity contribution in [1.29, 1.82) is 0 Å². The van der Waals surface area contributed by atoms with E-state index < -0.39 is 16.1 Å². The van der Waals surface area contributed by atoms with Gasteiger partial charge in [0, 0.05) is 13.1 Å². The van der Waals surface area contributed by atoms with Crippen LogP contribution in [0.5, 0.6) is 0 Å². The van der Waals surface area contributed by atoms with Crippen LogP contribution in [0.15, 0.2) is 52.1 Å². The molecule has 1 unspecified atom stereocenters. The largest absolute Gasteiger partial charge is 0.388 e. The standard InChI is InChI=1S/C16H17NO3S2/c1-12-2-4-16(5-3-12)22(19,20)17-9-14(8-15(18)10-17)13-6-7-21-11-13/h2-8,11,15,18H,9-10H2,1H3. The number of sulfonamides is 1. The topological polar surface area (TPSA) is 57.6 Å². The fourth-order valence-corrected chi connectivity index (χ4v) is 4.59. The van der Waals surface area contributed by atoms with E-state index in [1.807, 2.05) is 23.8 Å². The zero-order chi connectivity index (χ0) is 15.7. The molecule has 1 aromatic carbocycles. The predicted octanol–water partition coefficient (Wildman–Crippen LogP) is 2.51. The number of β-amino-alcohol motifs (C(OH)–C–C–N with tert-alkyl or cyclic N) is 1. The normalized spacial score (nSPS) is 19.9. The second-order valence-electron chi connectivity index (χ2n) is 5.38. The van der Waals surface area contributed by atoms with Crippen molar-refractivity contribution in [3.8, 4) is 0 Å². The zero-order valence-corrected chi connectivity index (χ0v) is 13.8. The molecule has 116 valence electrons. The molecule has 1 atom stereocenters. The summed E-state index contributed by atoms with van der Waals surface area (Å²) in [5, 5.41) is 13.9. The molecule has 6 heteroatoms. The maximum atomic E-state index is 12.7. The van der Waals surface area contributed by atoms with Crippen molar-refractivity contribution in [3.05, 3.63) is 58.3 Å². The summed E-state index contributed by atoms with van der Waals surface area (Å²) >= 11 is 1.55. The first-order chi connectivity index (χ1) is 10.5. The van der Waals surface area contributed by atoms with E-state index in [9.17, 15) is 13.5 Å². The third-order valence-corrected chi connectivity index (χ3v) is 6.19. The van der Waals surface area contributed by atoms with Crippen LogP contribution in [0.3, 0.4) is 0 Å². The lowest BCUT2D eigenvalue weighted by molar-refractivity contribution is 0.186. The Balaban J connectivity index is 1.92. The smallest absolute Gasteiger partial charge is 0.243 e. The molecule has 1 aliphatic heterocycles. The molecule has 1 aliphatic rings. The minimum absolute atomic E-state index is 0.0871. The number of aliphatic hydroxyl groups is 1. The monoisotopic (exact) mass is 335 g/mol. The van der Waals surface area contributed by atoms with Gasteiger partial charge in [0.2, 0.25) is 10.0 Å². The molecule has 0 saturated heterocycles. The molecule has 0 aliphatic carbocycles. The molecule has 2 aromatic rings. The molecule has 0 bridgehead atoms. The van der Waals surface area contributed by atoms with Crippen LogP contribution in [0.2, 0.25) is 0 Å². The van der Waals surface area contributed by atoms with Crippen molar-refractivity contribution < 1.29 is 13.5 Å². The first-order valence-corrected chi connectivity index (χ1v) is 9.33. The van der Waals surface area contributed by atoms with Gasteiger partial charge in [-0.1, -0.05) is 17.7 Å². The molecular weight excluding hydrogens is 318 g/mol. The van der Waals surface area contributed by atoms with Gasteiger partial charge in [-0.2, -0.15) is 15.6 Å². The van der Waals surface area contributed by atoms with Crippen molar-refractivity contribution in [1.82, 2.24) is 4.31 Å². The number of aryl methyl sites for hydroxylation is 1. The molecule has 22 heavy (non-hydrogen) atoms. The first kappa shape index (κ1) is 15.4. The average Bonchev–Trinajstić information content (AvgIpc) is 3.01. The molecule has 1 aromatic heterocycles. The number of hydrogen-bond acceptors (Lipinski definition) is 4. The molecule has 0 saturated carbocycles. The van der Waals surface area contributed by atoms with Gasteiger partial charge in [0.15, 0.2) is 0 Å². The minimum Gasteiger partial charge on any atom is -0.388 e. The highest BCUT2D eigenvalue weighted by atomic mass is 32.2. The van der Waals surface area contributed by atoms with E-state index in [-0.39, 0.29) is 18.0 Å². The molecule has 1 N–H and O–H groups in total. The van der Waals surface area contributed by atoms with E-state index in [1.165, 1.54) is 4.31 Å². The number of aliphatic hydroxyl groups excluding tert-OH is 1. The van der Waals surface area contributed by atoms with Crippen LogP contribution < -0.4 is 0 Å². The lowest BCUT2D eigenvalue weighted by Crippen LogP contribution is -2.41. The van der Waals surface area contributed by atoms with Gasteiger partial charge in [-0.05, 0) is 53.1 Å². The summed E-state index contributed by atoms with van der Waals surface area (Å²) in [5.41, 5.74) is 2.82. The summed E-state index contributed by atoms with van der Waals surface area (Å²) in [6.45, 7) is 2.28. The Morgan fingerprint density at radius 3 is 2.59 bits per heavy atom. The molecule has 0 spiro atoms. The lowest BCUT2D eigenvalue weighted by atomic mass is 10.0. The fourth-order valence-electron chi connectivity index (χ4n) is 2.48. The Morgan fingerprint density at radius 1 is 1.23 bits per heavy atom. The summed E-state index contributed by atoms with van der Waals surface area (Å²) in [6, 6.07) is 8.72. The van der Waals surface area contributed by atoms with E-state index in [2.05, 4.69) is 0 Å². The fraction of sp³-hybridized carbons (Fsp3) is 0.250. The Labute approximate surface area is 134 Å². The maximum Gasteiger partial charge on any atom is 0.243 e. The Kier molecular flexibility index (Phi) is 4.18. The van der Waals surface area contributed by atoms with Crippen LogP contribution in [0.4, 0.5) is 0 Å². The van der Waals surface area contributed by atoms with Crippen LogP contribution in [0.1, 0.15) is 11.1 Å². The van der Waals surface area contributed by atoms with Gasteiger partial charge in [-0.15, -0.1) is 0 Å². The molecular formula is C16H17NO3S2. The highest BCUT2D eigenvalue weighted by Crippen LogP contribution is 2.27. The van der Waals surface area contributed by atoms with Gasteiger partial charge in [0.1, 0.15) is 0 Å². The zero-order valence-electron chi connectivity index (χ0n) is 12.1. The lowest BCUT2D eigenvalue weighted by Gasteiger charge is -2.29. The number of rotatable bonds is 3. The van der Waals surface area contributed by atoms with Crippen LogP contribution in [-0.4, -0.2) is 37.0 Å². The van der Waals surface area contributed by atoms with E-state index in [0.29, 0.717) is 0 Å². The van der Waals surface area contributed by atoms with Crippen molar-refractivity contribution in [2.75, 3.05) is 13.1 Å². The van der Waals surface area contributed by atoms with Gasteiger partial charge in [0.25, 0.3) is 0 Å². The maximum absolute atomic E-state index is 12.7. The van der Waals surface area contributed by atoms with E-state index in [4.69, 9.17) is 0 Å². The van der Waals surface area contributed by atoms with Crippen molar-refractivity contribution >= 4 is 26.9 Å². The number of hydrogen-bond donors (Lipinski definition) is 1. The molecule has 0 amide bonds. The predicted molar refractivity (Wildman–Crippen MR) is 88.2 cm³/mol. The van der Waals surface area contributed by atoms with Crippen molar-refractivity contribution in [3.63, 3.8) is 0 Å². The summed E-state index contributed by atoms with van der Waals surface area (Å²) in [5.74, 6) is 0. The van der Waals surface area contributed by atoms with Crippen LogP contribution in [-0.2, 0) is 10.0 Å². The third-order valence-electron chi connectivity index (χ3n) is 3.68. The highest BCUT2D eigenvalue weighted by Gasteiger charge is 2.30. The second-order valence-corrected chi connectivity index (χ2v) is 8.10. The molecule has 4 nitrogen and oxygen atoms in total. The van der Waals surface area contributed by atoms with Gasteiger partial charge in [-0.3, -0.25) is 0 Å².